The summed E-state index contributed by atoms with van der Waals surface area (Å²) < 4.78 is 1.38. The van der Waals surface area contributed by atoms with E-state index < -0.39 is 0 Å². The van der Waals surface area contributed by atoms with Gasteiger partial charge in [-0.05, 0) is 23.8 Å². The first-order valence-electron chi connectivity index (χ1n) is 8.90. The average molecular weight is 402 g/mol. The zero-order valence-corrected chi connectivity index (χ0v) is 16.2. The number of amides is 1. The second kappa shape index (κ2) is 8.57. The fraction of sp³-hybridized carbons (Fsp3) is 0.0476. The smallest absolute Gasteiger partial charge is 0.234 e. The van der Waals surface area contributed by atoms with E-state index in [9.17, 15) is 4.79 Å². The van der Waals surface area contributed by atoms with Gasteiger partial charge >= 0.3 is 0 Å². The van der Waals surface area contributed by atoms with Crippen LogP contribution >= 0.6 is 11.8 Å². The first-order valence-corrected chi connectivity index (χ1v) is 9.89. The van der Waals surface area contributed by atoms with E-state index in [4.69, 9.17) is 5.84 Å². The van der Waals surface area contributed by atoms with Gasteiger partial charge in [0.2, 0.25) is 11.1 Å². The van der Waals surface area contributed by atoms with Crippen LogP contribution in [0.3, 0.4) is 0 Å². The van der Waals surface area contributed by atoms with E-state index in [-0.39, 0.29) is 11.7 Å². The minimum Gasteiger partial charge on any atom is -0.335 e. The lowest BCUT2D eigenvalue weighted by Crippen LogP contribution is -2.16. The molecule has 8 heteroatoms. The van der Waals surface area contributed by atoms with Gasteiger partial charge in [0.15, 0.2) is 5.82 Å². The summed E-state index contributed by atoms with van der Waals surface area (Å²) in [5.41, 5.74) is 3.58. The molecular weight excluding hydrogens is 384 g/mol. The Morgan fingerprint density at radius 1 is 0.931 bits per heavy atom. The fourth-order valence-electron chi connectivity index (χ4n) is 2.85. The number of pyridine rings is 1. The molecule has 0 aliphatic heterocycles. The molecule has 4 aromatic rings. The van der Waals surface area contributed by atoms with Crippen molar-refractivity contribution in [3.63, 3.8) is 0 Å². The molecule has 0 spiro atoms. The van der Waals surface area contributed by atoms with Gasteiger partial charge in [-0.25, -0.2) is 4.68 Å². The molecule has 0 fully saturated rings. The molecule has 2 aromatic carbocycles. The van der Waals surface area contributed by atoms with Crippen LogP contribution < -0.4 is 11.2 Å². The quantitative estimate of drug-likeness (QED) is 0.379. The lowest BCUT2D eigenvalue weighted by Gasteiger charge is -2.11. The van der Waals surface area contributed by atoms with Crippen LogP contribution in [0.15, 0.2) is 84.3 Å². The van der Waals surface area contributed by atoms with E-state index >= 15 is 0 Å². The standard InChI is InChI=1S/C21H18N6OS/c22-27-20(16-10-12-23-13-11-16)25-26-21(27)29-14-19(28)24-18-9-5-4-8-17(18)15-6-2-1-3-7-15/h1-13H,14,22H2,(H,24,28). The lowest BCUT2D eigenvalue weighted by molar-refractivity contribution is -0.113. The van der Waals surface area contributed by atoms with Crippen molar-refractivity contribution in [1.82, 2.24) is 19.9 Å². The molecule has 0 atom stereocenters. The highest BCUT2D eigenvalue weighted by molar-refractivity contribution is 7.99. The maximum atomic E-state index is 12.5. The number of nitrogens with two attached hydrogens (primary N) is 1. The number of hydrogen-bond donors (Lipinski definition) is 2. The Bertz CT molecular complexity index is 1110. The summed E-state index contributed by atoms with van der Waals surface area (Å²) in [6, 6.07) is 21.2. The third-order valence-corrected chi connectivity index (χ3v) is 5.16. The molecule has 0 saturated heterocycles. The maximum absolute atomic E-state index is 12.5. The van der Waals surface area contributed by atoms with Gasteiger partial charge in [0, 0.05) is 29.2 Å². The molecule has 2 aromatic heterocycles. The summed E-state index contributed by atoms with van der Waals surface area (Å²) in [6.45, 7) is 0. The third-order valence-electron chi connectivity index (χ3n) is 4.22. The van der Waals surface area contributed by atoms with Gasteiger partial charge < -0.3 is 11.2 Å². The molecule has 0 aliphatic carbocycles. The van der Waals surface area contributed by atoms with Crippen LogP contribution in [0, 0.1) is 0 Å². The zero-order valence-electron chi connectivity index (χ0n) is 15.4. The van der Waals surface area contributed by atoms with E-state index in [0.717, 1.165) is 22.4 Å². The Labute approximate surface area is 172 Å². The fourth-order valence-corrected chi connectivity index (χ4v) is 3.51. The summed E-state index contributed by atoms with van der Waals surface area (Å²) in [5, 5.41) is 11.6. The number of benzene rings is 2. The minimum absolute atomic E-state index is 0.146. The van der Waals surface area contributed by atoms with E-state index in [1.807, 2.05) is 54.6 Å². The van der Waals surface area contributed by atoms with Crippen molar-refractivity contribution in [2.75, 3.05) is 16.9 Å². The van der Waals surface area contributed by atoms with Crippen molar-refractivity contribution in [3.8, 4) is 22.5 Å². The van der Waals surface area contributed by atoms with Crippen molar-refractivity contribution in [2.45, 2.75) is 5.16 Å². The number of carbonyl (C=O) groups is 1. The number of nitrogen functional groups attached to an aromatic ring is 1. The van der Waals surface area contributed by atoms with Crippen LogP contribution in [0.2, 0.25) is 0 Å². The number of anilines is 1. The number of para-hydroxylation sites is 1. The van der Waals surface area contributed by atoms with Crippen LogP contribution in [-0.4, -0.2) is 31.5 Å². The number of thioether (sulfide) groups is 1. The van der Waals surface area contributed by atoms with E-state index in [1.54, 1.807) is 24.5 Å². The predicted molar refractivity (Wildman–Crippen MR) is 115 cm³/mol. The van der Waals surface area contributed by atoms with Crippen molar-refractivity contribution < 1.29 is 4.79 Å². The van der Waals surface area contributed by atoms with Gasteiger partial charge in [-0.2, -0.15) is 0 Å². The Morgan fingerprint density at radius 2 is 1.66 bits per heavy atom. The van der Waals surface area contributed by atoms with Gasteiger partial charge in [0.25, 0.3) is 0 Å². The molecule has 3 N–H and O–H groups in total. The van der Waals surface area contributed by atoms with Crippen LogP contribution in [0.4, 0.5) is 5.69 Å². The van der Waals surface area contributed by atoms with Crippen LogP contribution in [0.1, 0.15) is 0 Å². The minimum atomic E-state index is -0.146. The molecule has 2 heterocycles. The highest BCUT2D eigenvalue weighted by Gasteiger charge is 2.14. The second-order valence-corrected chi connectivity index (χ2v) is 7.10. The highest BCUT2D eigenvalue weighted by atomic mass is 32.2. The summed E-state index contributed by atoms with van der Waals surface area (Å²) in [4.78, 5) is 16.5. The molecule has 144 valence electrons. The van der Waals surface area contributed by atoms with Crippen LogP contribution in [0.25, 0.3) is 22.5 Å². The number of aromatic nitrogens is 4. The van der Waals surface area contributed by atoms with Crippen molar-refractivity contribution in [2.24, 2.45) is 0 Å². The molecule has 1 amide bonds. The molecule has 29 heavy (non-hydrogen) atoms. The maximum Gasteiger partial charge on any atom is 0.234 e. The van der Waals surface area contributed by atoms with Crippen molar-refractivity contribution >= 4 is 23.4 Å². The number of nitrogens with one attached hydrogen (secondary N) is 1. The molecule has 0 aliphatic rings. The predicted octanol–water partition coefficient (Wildman–Crippen LogP) is 3.45. The number of nitrogens with zero attached hydrogens (tertiary/aromatic N) is 4. The van der Waals surface area contributed by atoms with E-state index in [2.05, 4.69) is 20.5 Å². The van der Waals surface area contributed by atoms with Gasteiger partial charge in [-0.15, -0.1) is 10.2 Å². The van der Waals surface area contributed by atoms with Gasteiger partial charge in [-0.3, -0.25) is 9.78 Å². The van der Waals surface area contributed by atoms with E-state index in [0.29, 0.717) is 11.0 Å². The van der Waals surface area contributed by atoms with Crippen molar-refractivity contribution in [1.29, 1.82) is 0 Å². The molecule has 0 radical (unpaired) electrons. The Hall–Kier alpha value is -3.65. The highest BCUT2D eigenvalue weighted by Crippen LogP contribution is 2.28. The summed E-state index contributed by atoms with van der Waals surface area (Å²) >= 11 is 1.23. The average Bonchev–Trinajstić information content (AvgIpc) is 3.14. The third kappa shape index (κ3) is 4.27. The van der Waals surface area contributed by atoms with Gasteiger partial charge in [0.1, 0.15) is 0 Å². The molecule has 4 rings (SSSR count). The monoisotopic (exact) mass is 402 g/mol. The zero-order chi connectivity index (χ0) is 20.1. The topological polar surface area (TPSA) is 98.7 Å². The van der Waals surface area contributed by atoms with E-state index in [1.165, 1.54) is 16.4 Å². The number of hydrogen-bond acceptors (Lipinski definition) is 6. The first-order chi connectivity index (χ1) is 14.2. The molecular formula is C21H18N6OS. The summed E-state index contributed by atoms with van der Waals surface area (Å²) in [6.07, 6.45) is 3.32. The number of carbonyl (C=O) groups excluding carboxylic acids is 1. The SMILES string of the molecule is Nn1c(SCC(=O)Nc2ccccc2-c2ccccc2)nnc1-c1ccncc1. The van der Waals surface area contributed by atoms with Gasteiger partial charge in [-0.1, -0.05) is 60.3 Å². The molecule has 7 nitrogen and oxygen atoms in total. The molecule has 0 saturated carbocycles. The summed E-state index contributed by atoms with van der Waals surface area (Å²) in [7, 11) is 0. The Morgan fingerprint density at radius 3 is 2.45 bits per heavy atom. The normalized spacial score (nSPS) is 10.6. The largest absolute Gasteiger partial charge is 0.335 e. The Kier molecular flexibility index (Phi) is 5.53. The van der Waals surface area contributed by atoms with Crippen LogP contribution in [-0.2, 0) is 4.79 Å². The first kappa shape index (κ1) is 18.7. The Balaban J connectivity index is 1.44. The lowest BCUT2D eigenvalue weighted by atomic mass is 10.0. The second-order valence-electron chi connectivity index (χ2n) is 6.16. The summed E-state index contributed by atoms with van der Waals surface area (Å²) in [5.74, 6) is 6.63. The molecule has 0 unspecified atom stereocenters. The van der Waals surface area contributed by atoms with Crippen LogP contribution in [0.5, 0.6) is 0 Å². The van der Waals surface area contributed by atoms with Crippen molar-refractivity contribution in [3.05, 3.63) is 79.1 Å². The molecule has 0 bridgehead atoms. The number of rotatable bonds is 6. The van der Waals surface area contributed by atoms with Gasteiger partial charge in [0.05, 0.1) is 5.75 Å².